The molecule has 0 saturated carbocycles. The number of amides is 1. The van der Waals surface area contributed by atoms with E-state index in [4.69, 9.17) is 4.74 Å². The number of nitrogens with zero attached hydrogens (tertiary/aromatic N) is 1. The van der Waals surface area contributed by atoms with E-state index in [2.05, 4.69) is 5.32 Å². The molecule has 1 aliphatic rings. The van der Waals surface area contributed by atoms with E-state index in [9.17, 15) is 18.0 Å². The topological polar surface area (TPSA) is 41.6 Å². The summed E-state index contributed by atoms with van der Waals surface area (Å²) in [5.41, 5.74) is 1.48. The Hall–Kier alpha value is -2.80. The van der Waals surface area contributed by atoms with Gasteiger partial charge in [0.25, 0.3) is 0 Å². The minimum absolute atomic E-state index is 0.247. The summed E-state index contributed by atoms with van der Waals surface area (Å²) < 4.78 is 45.9. The molecule has 1 saturated heterocycles. The fourth-order valence-electron chi connectivity index (χ4n) is 3.03. The maximum atomic E-state index is 14.2. The molecular weight excluding hydrogens is 369 g/mol. The van der Waals surface area contributed by atoms with Gasteiger partial charge in [0.15, 0.2) is 0 Å². The van der Waals surface area contributed by atoms with Crippen LogP contribution in [0.25, 0.3) is 6.08 Å². The van der Waals surface area contributed by atoms with E-state index in [0.29, 0.717) is 32.0 Å². The highest BCUT2D eigenvalue weighted by Crippen LogP contribution is 2.25. The van der Waals surface area contributed by atoms with Gasteiger partial charge in [-0.1, -0.05) is 6.07 Å². The van der Waals surface area contributed by atoms with Crippen LogP contribution in [-0.2, 0) is 9.53 Å². The second-order valence-corrected chi connectivity index (χ2v) is 6.58. The Bertz CT molecular complexity index is 860. The molecule has 4 nitrogen and oxygen atoms in total. The SMILES string of the molecule is CC(NC(=O)C=Cc1cc(F)cc(F)c1)c1ccc(F)c(N2CCOCC2)c1. The Balaban J connectivity index is 1.67. The minimum atomic E-state index is -0.713. The van der Waals surface area contributed by atoms with E-state index in [1.807, 2.05) is 4.90 Å². The molecule has 2 aromatic carbocycles. The van der Waals surface area contributed by atoms with Crippen molar-refractivity contribution >= 4 is 17.7 Å². The van der Waals surface area contributed by atoms with Crippen molar-refractivity contribution in [2.45, 2.75) is 13.0 Å². The molecule has 148 valence electrons. The standard InChI is InChI=1S/C21H21F3N2O2/c1-14(25-21(27)5-2-15-10-17(22)13-18(23)11-15)16-3-4-19(24)20(12-16)26-6-8-28-9-7-26/h2-5,10-14H,6-9H2,1H3,(H,25,27). The van der Waals surface area contributed by atoms with Crippen molar-refractivity contribution in [2.75, 3.05) is 31.2 Å². The largest absolute Gasteiger partial charge is 0.378 e. The summed E-state index contributed by atoms with van der Waals surface area (Å²) in [6.07, 6.45) is 2.54. The van der Waals surface area contributed by atoms with E-state index in [1.165, 1.54) is 18.2 Å². The Morgan fingerprint density at radius 1 is 1.11 bits per heavy atom. The van der Waals surface area contributed by atoms with Crippen LogP contribution in [0.1, 0.15) is 24.1 Å². The lowest BCUT2D eigenvalue weighted by molar-refractivity contribution is -0.117. The highest BCUT2D eigenvalue weighted by atomic mass is 19.1. The molecule has 28 heavy (non-hydrogen) atoms. The zero-order chi connectivity index (χ0) is 20.1. The van der Waals surface area contributed by atoms with E-state index < -0.39 is 17.5 Å². The highest BCUT2D eigenvalue weighted by Gasteiger charge is 2.17. The van der Waals surface area contributed by atoms with Crippen LogP contribution in [0.5, 0.6) is 0 Å². The molecule has 1 heterocycles. The van der Waals surface area contributed by atoms with Gasteiger partial charge >= 0.3 is 0 Å². The molecule has 1 atom stereocenters. The molecule has 3 rings (SSSR count). The second kappa shape index (κ2) is 8.93. The molecule has 0 aromatic heterocycles. The molecule has 1 N–H and O–H groups in total. The van der Waals surface area contributed by atoms with Crippen LogP contribution >= 0.6 is 0 Å². The van der Waals surface area contributed by atoms with E-state index in [1.54, 1.807) is 19.1 Å². The summed E-state index contributed by atoms with van der Waals surface area (Å²) in [6.45, 7) is 4.08. The smallest absolute Gasteiger partial charge is 0.244 e. The summed E-state index contributed by atoms with van der Waals surface area (Å²) in [7, 11) is 0. The van der Waals surface area contributed by atoms with Crippen LogP contribution in [-0.4, -0.2) is 32.2 Å². The van der Waals surface area contributed by atoms with Gasteiger partial charge in [-0.2, -0.15) is 0 Å². The Morgan fingerprint density at radius 3 is 2.46 bits per heavy atom. The minimum Gasteiger partial charge on any atom is -0.378 e. The van der Waals surface area contributed by atoms with Crippen LogP contribution < -0.4 is 10.2 Å². The third-order valence-electron chi connectivity index (χ3n) is 4.49. The predicted octanol–water partition coefficient (Wildman–Crippen LogP) is 3.83. The van der Waals surface area contributed by atoms with Crippen LogP contribution in [0.15, 0.2) is 42.5 Å². The number of carbonyl (C=O) groups is 1. The highest BCUT2D eigenvalue weighted by molar-refractivity contribution is 5.92. The average Bonchev–Trinajstić information content (AvgIpc) is 2.66. The number of hydrogen-bond donors (Lipinski definition) is 1. The van der Waals surface area contributed by atoms with Crippen molar-refractivity contribution in [1.29, 1.82) is 0 Å². The van der Waals surface area contributed by atoms with E-state index in [0.717, 1.165) is 23.8 Å². The lowest BCUT2D eigenvalue weighted by Gasteiger charge is -2.29. The van der Waals surface area contributed by atoms with Crippen molar-refractivity contribution < 1.29 is 22.7 Å². The molecule has 1 fully saturated rings. The number of rotatable bonds is 5. The molecule has 1 unspecified atom stereocenters. The zero-order valence-corrected chi connectivity index (χ0v) is 15.4. The normalized spacial score (nSPS) is 15.6. The molecule has 2 aromatic rings. The van der Waals surface area contributed by atoms with Gasteiger partial charge in [-0.25, -0.2) is 13.2 Å². The van der Waals surface area contributed by atoms with Crippen LogP contribution in [0, 0.1) is 17.5 Å². The fourth-order valence-corrected chi connectivity index (χ4v) is 3.03. The first-order valence-corrected chi connectivity index (χ1v) is 8.99. The van der Waals surface area contributed by atoms with Gasteiger partial charge in [-0.15, -0.1) is 0 Å². The number of ether oxygens (including phenoxy) is 1. The van der Waals surface area contributed by atoms with Gasteiger partial charge in [-0.3, -0.25) is 4.79 Å². The zero-order valence-electron chi connectivity index (χ0n) is 15.4. The number of morpholine rings is 1. The second-order valence-electron chi connectivity index (χ2n) is 6.58. The first kappa shape index (κ1) is 19.9. The number of hydrogen-bond acceptors (Lipinski definition) is 3. The van der Waals surface area contributed by atoms with Gasteiger partial charge in [0.05, 0.1) is 24.9 Å². The summed E-state index contributed by atoms with van der Waals surface area (Å²) >= 11 is 0. The molecule has 7 heteroatoms. The van der Waals surface area contributed by atoms with Gasteiger partial charge in [-0.05, 0) is 48.4 Å². The summed E-state index contributed by atoms with van der Waals surface area (Å²) in [4.78, 5) is 14.0. The number of halogens is 3. The van der Waals surface area contributed by atoms with Crippen molar-refractivity contribution in [3.05, 3.63) is 71.1 Å². The molecule has 0 radical (unpaired) electrons. The lowest BCUT2D eigenvalue weighted by Crippen LogP contribution is -2.37. The van der Waals surface area contributed by atoms with Gasteiger partial charge < -0.3 is 15.0 Å². The Kier molecular flexibility index (Phi) is 6.36. The summed E-state index contributed by atoms with van der Waals surface area (Å²) in [6, 6.07) is 7.37. The molecular formula is C21H21F3N2O2. The third kappa shape index (κ3) is 5.13. The van der Waals surface area contributed by atoms with Crippen molar-refractivity contribution in [2.24, 2.45) is 0 Å². The van der Waals surface area contributed by atoms with Gasteiger partial charge in [0, 0.05) is 25.2 Å². The fraction of sp³-hybridized carbons (Fsp3) is 0.286. The lowest BCUT2D eigenvalue weighted by atomic mass is 10.1. The van der Waals surface area contributed by atoms with E-state index in [-0.39, 0.29) is 17.4 Å². The molecule has 0 aliphatic carbocycles. The van der Waals surface area contributed by atoms with E-state index >= 15 is 0 Å². The maximum Gasteiger partial charge on any atom is 0.244 e. The molecule has 1 aliphatic heterocycles. The van der Waals surface area contributed by atoms with Gasteiger partial charge in [0.1, 0.15) is 17.5 Å². The number of nitrogens with one attached hydrogen (secondary N) is 1. The number of benzene rings is 2. The van der Waals surface area contributed by atoms with Gasteiger partial charge in [0.2, 0.25) is 5.91 Å². The summed E-state index contributed by atoms with van der Waals surface area (Å²) in [5.74, 6) is -2.17. The van der Waals surface area contributed by atoms with Crippen molar-refractivity contribution in [3.63, 3.8) is 0 Å². The number of carbonyl (C=O) groups excluding carboxylic acids is 1. The summed E-state index contributed by atoms with van der Waals surface area (Å²) in [5, 5.41) is 2.77. The first-order chi connectivity index (χ1) is 13.4. The Morgan fingerprint density at radius 2 is 1.79 bits per heavy atom. The monoisotopic (exact) mass is 390 g/mol. The van der Waals surface area contributed by atoms with Crippen LogP contribution in [0.4, 0.5) is 18.9 Å². The van der Waals surface area contributed by atoms with Crippen LogP contribution in [0.3, 0.4) is 0 Å². The number of anilines is 1. The van der Waals surface area contributed by atoms with Crippen molar-refractivity contribution in [1.82, 2.24) is 5.32 Å². The molecule has 0 bridgehead atoms. The predicted molar refractivity (Wildman–Crippen MR) is 101 cm³/mol. The molecule has 0 spiro atoms. The third-order valence-corrected chi connectivity index (χ3v) is 4.49. The Labute approximate surface area is 161 Å². The average molecular weight is 390 g/mol. The van der Waals surface area contributed by atoms with Crippen LogP contribution in [0.2, 0.25) is 0 Å². The maximum absolute atomic E-state index is 14.2. The first-order valence-electron chi connectivity index (χ1n) is 8.99. The molecule has 1 amide bonds. The van der Waals surface area contributed by atoms with Crippen molar-refractivity contribution in [3.8, 4) is 0 Å². The quantitative estimate of drug-likeness (QED) is 0.789.